The van der Waals surface area contributed by atoms with Crippen LogP contribution < -0.4 is 10.0 Å². The van der Waals surface area contributed by atoms with E-state index in [4.69, 9.17) is 0 Å². The van der Waals surface area contributed by atoms with E-state index >= 15 is 0 Å². The number of benzene rings is 1. The Morgan fingerprint density at radius 3 is 2.40 bits per heavy atom. The molecule has 1 aromatic carbocycles. The fourth-order valence-corrected chi connectivity index (χ4v) is 4.26. The van der Waals surface area contributed by atoms with Crippen LogP contribution in [0.3, 0.4) is 0 Å². The number of hydrogen-bond acceptors (Lipinski definition) is 6. The van der Waals surface area contributed by atoms with Gasteiger partial charge in [0, 0.05) is 4.47 Å². The molecular formula is C15H19BrN4O3S2. The normalized spacial score (nSPS) is 13.0. The molecule has 10 heteroatoms. The largest absolute Gasteiger partial charge is 0.299 e. The van der Waals surface area contributed by atoms with E-state index in [0.29, 0.717) is 5.13 Å². The third kappa shape index (κ3) is 5.30. The van der Waals surface area contributed by atoms with Crippen molar-refractivity contribution < 1.29 is 13.2 Å². The molecule has 1 amide bonds. The lowest BCUT2D eigenvalue weighted by Gasteiger charge is -2.21. The molecule has 136 valence electrons. The molecule has 2 aromatic rings. The maximum Gasteiger partial charge on any atom is 0.244 e. The molecule has 0 spiro atoms. The number of aromatic nitrogens is 2. The van der Waals surface area contributed by atoms with E-state index in [1.807, 2.05) is 6.92 Å². The second-order valence-electron chi connectivity index (χ2n) is 5.64. The minimum absolute atomic E-state index is 0.0957. The van der Waals surface area contributed by atoms with Gasteiger partial charge >= 0.3 is 0 Å². The maximum atomic E-state index is 12.5. The molecule has 1 atom stereocenters. The third-order valence-corrected chi connectivity index (χ3v) is 6.32. The summed E-state index contributed by atoms with van der Waals surface area (Å²) in [6.07, 6.45) is 0.720. The van der Waals surface area contributed by atoms with Gasteiger partial charge in [0.05, 0.1) is 4.90 Å². The summed E-state index contributed by atoms with van der Waals surface area (Å²) in [5, 5.41) is 11.6. The maximum absolute atomic E-state index is 12.5. The van der Waals surface area contributed by atoms with Gasteiger partial charge in [0.15, 0.2) is 0 Å². The summed E-state index contributed by atoms with van der Waals surface area (Å²) in [6, 6.07) is 5.28. The molecule has 0 saturated heterocycles. The van der Waals surface area contributed by atoms with Crippen molar-refractivity contribution in [3.8, 4) is 0 Å². The molecule has 2 rings (SSSR count). The average Bonchev–Trinajstić information content (AvgIpc) is 3.00. The highest BCUT2D eigenvalue weighted by Crippen LogP contribution is 2.19. The van der Waals surface area contributed by atoms with Gasteiger partial charge < -0.3 is 0 Å². The number of amides is 1. The highest BCUT2D eigenvalue weighted by molar-refractivity contribution is 9.10. The number of halogens is 1. The summed E-state index contributed by atoms with van der Waals surface area (Å²) in [7, 11) is -3.82. The fraction of sp³-hybridized carbons (Fsp3) is 0.400. The molecule has 0 aliphatic carbocycles. The number of carbonyl (C=O) groups excluding carboxylic acids is 1. The van der Waals surface area contributed by atoms with Crippen LogP contribution in [-0.4, -0.2) is 30.6 Å². The molecule has 7 nitrogen and oxygen atoms in total. The Morgan fingerprint density at radius 2 is 1.88 bits per heavy atom. The number of carbonyl (C=O) groups is 1. The van der Waals surface area contributed by atoms with Crippen molar-refractivity contribution in [2.75, 3.05) is 5.32 Å². The smallest absolute Gasteiger partial charge is 0.244 e. The molecule has 1 aromatic heterocycles. The Balaban J connectivity index is 2.16. The van der Waals surface area contributed by atoms with Gasteiger partial charge in [0.1, 0.15) is 11.0 Å². The van der Waals surface area contributed by atoms with Crippen molar-refractivity contribution >= 4 is 48.3 Å². The number of aryl methyl sites for hydroxylation is 1. The van der Waals surface area contributed by atoms with Gasteiger partial charge in [-0.15, -0.1) is 10.2 Å². The Morgan fingerprint density at radius 1 is 1.24 bits per heavy atom. The number of hydrogen-bond donors (Lipinski definition) is 2. The second-order valence-corrected chi connectivity index (χ2v) is 9.33. The monoisotopic (exact) mass is 446 g/mol. The van der Waals surface area contributed by atoms with Crippen LogP contribution in [0.5, 0.6) is 0 Å². The minimum Gasteiger partial charge on any atom is -0.299 e. The Hall–Kier alpha value is -1.36. The van der Waals surface area contributed by atoms with E-state index in [1.54, 1.807) is 26.0 Å². The average molecular weight is 447 g/mol. The van der Waals surface area contributed by atoms with Gasteiger partial charge in [-0.2, -0.15) is 4.72 Å². The van der Waals surface area contributed by atoms with Crippen LogP contribution >= 0.6 is 27.3 Å². The summed E-state index contributed by atoms with van der Waals surface area (Å²) >= 11 is 4.53. The van der Waals surface area contributed by atoms with E-state index in [0.717, 1.165) is 15.9 Å². The summed E-state index contributed by atoms with van der Waals surface area (Å²) in [4.78, 5) is 12.6. The van der Waals surface area contributed by atoms with Crippen molar-refractivity contribution in [1.29, 1.82) is 0 Å². The highest BCUT2D eigenvalue weighted by Gasteiger charge is 2.29. The van der Waals surface area contributed by atoms with Crippen LogP contribution in [0.15, 0.2) is 33.6 Å². The first kappa shape index (κ1) is 20.0. The van der Waals surface area contributed by atoms with E-state index in [9.17, 15) is 13.2 Å². The molecule has 2 N–H and O–H groups in total. The van der Waals surface area contributed by atoms with Crippen LogP contribution in [-0.2, 0) is 21.2 Å². The van der Waals surface area contributed by atoms with Gasteiger partial charge in [0.25, 0.3) is 0 Å². The molecule has 0 aliphatic heterocycles. The Labute approximate surface area is 159 Å². The number of rotatable bonds is 7. The van der Waals surface area contributed by atoms with Crippen LogP contribution in [0.1, 0.15) is 25.8 Å². The lowest BCUT2D eigenvalue weighted by atomic mass is 10.1. The van der Waals surface area contributed by atoms with Crippen molar-refractivity contribution in [1.82, 2.24) is 14.9 Å². The van der Waals surface area contributed by atoms with Crippen LogP contribution in [0.4, 0.5) is 5.13 Å². The lowest BCUT2D eigenvalue weighted by Crippen LogP contribution is -2.47. The standard InChI is InChI=1S/C15H19BrN4O3S2/c1-4-12-18-19-15(24-12)17-14(21)13(9(2)3)20-25(22,23)11-7-5-10(16)6-8-11/h5-9,13,20H,4H2,1-3H3,(H,17,19,21)/t13-/m0/s1. The zero-order chi connectivity index (χ0) is 18.6. The molecule has 0 radical (unpaired) electrons. The fourth-order valence-electron chi connectivity index (χ4n) is 1.97. The molecular weight excluding hydrogens is 428 g/mol. The van der Waals surface area contributed by atoms with Gasteiger partial charge in [-0.3, -0.25) is 10.1 Å². The molecule has 0 saturated carbocycles. The Kier molecular flexibility index (Phi) is 6.66. The van der Waals surface area contributed by atoms with Crippen molar-refractivity contribution in [2.24, 2.45) is 5.92 Å². The summed E-state index contributed by atoms with van der Waals surface area (Å²) in [5.41, 5.74) is 0. The zero-order valence-corrected chi connectivity index (χ0v) is 17.2. The van der Waals surface area contributed by atoms with Crippen molar-refractivity contribution in [3.63, 3.8) is 0 Å². The van der Waals surface area contributed by atoms with Gasteiger partial charge in [0.2, 0.25) is 21.1 Å². The predicted octanol–water partition coefficient (Wildman–Crippen LogP) is 2.80. The van der Waals surface area contributed by atoms with Gasteiger partial charge in [-0.25, -0.2) is 8.42 Å². The van der Waals surface area contributed by atoms with E-state index < -0.39 is 22.0 Å². The SMILES string of the molecule is CCc1nnc(NC(=O)[C@@H](NS(=O)(=O)c2ccc(Br)cc2)C(C)C)s1. The summed E-state index contributed by atoms with van der Waals surface area (Å²) in [5.74, 6) is -0.710. The first-order chi connectivity index (χ1) is 11.7. The summed E-state index contributed by atoms with van der Waals surface area (Å²) in [6.45, 7) is 5.48. The van der Waals surface area contributed by atoms with E-state index in [-0.39, 0.29) is 10.8 Å². The zero-order valence-electron chi connectivity index (χ0n) is 14.0. The first-order valence-electron chi connectivity index (χ1n) is 7.64. The van der Waals surface area contributed by atoms with E-state index in [2.05, 4.69) is 36.2 Å². The number of nitrogens with one attached hydrogen (secondary N) is 2. The molecule has 1 heterocycles. The number of sulfonamides is 1. The van der Waals surface area contributed by atoms with Crippen molar-refractivity contribution in [2.45, 2.75) is 38.1 Å². The quantitative estimate of drug-likeness (QED) is 0.680. The van der Waals surface area contributed by atoms with E-state index in [1.165, 1.54) is 23.5 Å². The van der Waals surface area contributed by atoms with Gasteiger partial charge in [-0.05, 0) is 36.6 Å². The number of nitrogens with zero attached hydrogens (tertiary/aromatic N) is 2. The molecule has 0 fully saturated rings. The topological polar surface area (TPSA) is 101 Å². The lowest BCUT2D eigenvalue weighted by molar-refractivity contribution is -0.118. The first-order valence-corrected chi connectivity index (χ1v) is 10.7. The molecule has 25 heavy (non-hydrogen) atoms. The Bertz CT molecular complexity index is 835. The molecule has 0 aliphatic rings. The summed E-state index contributed by atoms with van der Waals surface area (Å²) < 4.78 is 28.3. The third-order valence-electron chi connectivity index (χ3n) is 3.35. The van der Waals surface area contributed by atoms with Gasteiger partial charge in [-0.1, -0.05) is 48.0 Å². The number of anilines is 1. The van der Waals surface area contributed by atoms with Crippen LogP contribution in [0.25, 0.3) is 0 Å². The second kappa shape index (κ2) is 8.35. The van der Waals surface area contributed by atoms with Crippen molar-refractivity contribution in [3.05, 3.63) is 33.7 Å². The highest BCUT2D eigenvalue weighted by atomic mass is 79.9. The van der Waals surface area contributed by atoms with Crippen LogP contribution in [0.2, 0.25) is 0 Å². The molecule has 0 bridgehead atoms. The molecule has 0 unspecified atom stereocenters. The van der Waals surface area contributed by atoms with Crippen LogP contribution in [0, 0.1) is 5.92 Å². The minimum atomic E-state index is -3.82. The predicted molar refractivity (Wildman–Crippen MR) is 101 cm³/mol.